The van der Waals surface area contributed by atoms with Crippen molar-refractivity contribution in [2.75, 3.05) is 0 Å². The Morgan fingerprint density at radius 1 is 1.39 bits per heavy atom. The second-order valence-corrected chi connectivity index (χ2v) is 4.63. The fraction of sp³-hybridized carbons (Fsp3) is 0.571. The van der Waals surface area contributed by atoms with Crippen molar-refractivity contribution in [3.63, 3.8) is 0 Å². The molecule has 1 N–H and O–H groups in total. The zero-order chi connectivity index (χ0) is 13.5. The Labute approximate surface area is 109 Å². The molecule has 0 spiro atoms. The molecule has 4 nitrogen and oxygen atoms in total. The lowest BCUT2D eigenvalue weighted by molar-refractivity contribution is -0.384. The van der Waals surface area contributed by atoms with E-state index in [2.05, 4.69) is 26.1 Å². The molecule has 0 saturated heterocycles. The van der Waals surface area contributed by atoms with Gasteiger partial charge in [0, 0.05) is 24.2 Å². The van der Waals surface area contributed by atoms with Gasteiger partial charge in [-0.05, 0) is 25.3 Å². The monoisotopic (exact) mass is 250 g/mol. The number of hydrogen-bond acceptors (Lipinski definition) is 3. The summed E-state index contributed by atoms with van der Waals surface area (Å²) < 4.78 is 0. The first-order chi connectivity index (χ1) is 8.58. The second kappa shape index (κ2) is 7.11. The summed E-state index contributed by atoms with van der Waals surface area (Å²) in [6.45, 7) is 6.38. The van der Waals surface area contributed by atoms with Crippen LogP contribution in [-0.2, 0) is 0 Å². The molecule has 0 saturated carbocycles. The summed E-state index contributed by atoms with van der Waals surface area (Å²) in [5.41, 5.74) is 1.13. The van der Waals surface area contributed by atoms with Gasteiger partial charge < -0.3 is 5.32 Å². The standard InChI is InChI=1S/C14H22N2O2/c1-4-7-13(5-2)15-11(3)12-8-6-9-14(10-12)16(17)18/h6,8-11,13,15H,4-5,7H2,1-3H3. The maximum absolute atomic E-state index is 10.7. The van der Waals surface area contributed by atoms with Crippen LogP contribution in [-0.4, -0.2) is 11.0 Å². The molecule has 0 aliphatic heterocycles. The highest BCUT2D eigenvalue weighted by Crippen LogP contribution is 2.20. The summed E-state index contributed by atoms with van der Waals surface area (Å²) in [6.07, 6.45) is 3.36. The fourth-order valence-corrected chi connectivity index (χ4v) is 2.11. The highest BCUT2D eigenvalue weighted by Gasteiger charge is 2.13. The highest BCUT2D eigenvalue weighted by molar-refractivity contribution is 5.35. The number of nitro benzene ring substituents is 1. The SMILES string of the molecule is CCCC(CC)NC(C)c1cccc([N+](=O)[O-])c1. The van der Waals surface area contributed by atoms with Crippen LogP contribution in [0.1, 0.15) is 51.6 Å². The van der Waals surface area contributed by atoms with Crippen LogP contribution >= 0.6 is 0 Å². The normalized spacial score (nSPS) is 14.2. The van der Waals surface area contributed by atoms with Crippen molar-refractivity contribution in [1.29, 1.82) is 0 Å². The average molecular weight is 250 g/mol. The zero-order valence-corrected chi connectivity index (χ0v) is 11.3. The molecule has 0 aliphatic rings. The van der Waals surface area contributed by atoms with Crippen LogP contribution in [0.5, 0.6) is 0 Å². The third kappa shape index (κ3) is 4.11. The first kappa shape index (κ1) is 14.6. The van der Waals surface area contributed by atoms with Gasteiger partial charge in [0.05, 0.1) is 4.92 Å². The van der Waals surface area contributed by atoms with Gasteiger partial charge in [0.2, 0.25) is 0 Å². The summed E-state index contributed by atoms with van der Waals surface area (Å²) in [4.78, 5) is 10.4. The van der Waals surface area contributed by atoms with E-state index in [0.717, 1.165) is 24.8 Å². The van der Waals surface area contributed by atoms with E-state index in [1.807, 2.05) is 6.07 Å². The Hall–Kier alpha value is -1.42. The lowest BCUT2D eigenvalue weighted by atomic mass is 10.0. The highest BCUT2D eigenvalue weighted by atomic mass is 16.6. The maximum atomic E-state index is 10.7. The van der Waals surface area contributed by atoms with Crippen LogP contribution in [0.4, 0.5) is 5.69 Å². The second-order valence-electron chi connectivity index (χ2n) is 4.63. The predicted octanol–water partition coefficient (Wildman–Crippen LogP) is 3.82. The molecule has 0 bridgehead atoms. The number of benzene rings is 1. The van der Waals surface area contributed by atoms with Gasteiger partial charge in [-0.2, -0.15) is 0 Å². The van der Waals surface area contributed by atoms with Gasteiger partial charge in [-0.15, -0.1) is 0 Å². The molecule has 0 fully saturated rings. The van der Waals surface area contributed by atoms with E-state index >= 15 is 0 Å². The Morgan fingerprint density at radius 2 is 2.11 bits per heavy atom. The lowest BCUT2D eigenvalue weighted by Gasteiger charge is -2.22. The molecule has 4 heteroatoms. The molecular weight excluding hydrogens is 228 g/mol. The Balaban J connectivity index is 2.73. The van der Waals surface area contributed by atoms with Gasteiger partial charge in [0.15, 0.2) is 0 Å². The number of rotatable bonds is 7. The van der Waals surface area contributed by atoms with E-state index in [1.54, 1.807) is 12.1 Å². The van der Waals surface area contributed by atoms with E-state index in [9.17, 15) is 10.1 Å². The zero-order valence-electron chi connectivity index (χ0n) is 11.3. The van der Waals surface area contributed by atoms with Crippen molar-refractivity contribution in [2.45, 2.75) is 52.1 Å². The number of nitro groups is 1. The Kier molecular flexibility index (Phi) is 5.78. The largest absolute Gasteiger partial charge is 0.307 e. The van der Waals surface area contributed by atoms with Gasteiger partial charge in [-0.25, -0.2) is 0 Å². The van der Waals surface area contributed by atoms with E-state index in [1.165, 1.54) is 6.07 Å². The molecule has 2 atom stereocenters. The molecule has 0 aromatic heterocycles. The molecule has 0 radical (unpaired) electrons. The smallest absolute Gasteiger partial charge is 0.269 e. The van der Waals surface area contributed by atoms with E-state index < -0.39 is 0 Å². The van der Waals surface area contributed by atoms with Crippen molar-refractivity contribution in [1.82, 2.24) is 5.32 Å². The number of non-ortho nitro benzene ring substituents is 1. The quantitative estimate of drug-likeness (QED) is 0.591. The number of nitrogens with zero attached hydrogens (tertiary/aromatic N) is 1. The topological polar surface area (TPSA) is 55.2 Å². The molecule has 0 heterocycles. The van der Waals surface area contributed by atoms with Crippen molar-refractivity contribution in [2.24, 2.45) is 0 Å². The summed E-state index contributed by atoms with van der Waals surface area (Å²) in [6, 6.07) is 7.47. The minimum atomic E-state index is -0.348. The van der Waals surface area contributed by atoms with E-state index in [4.69, 9.17) is 0 Å². The summed E-state index contributed by atoms with van der Waals surface area (Å²) in [5, 5.41) is 14.3. The molecule has 1 aromatic rings. The van der Waals surface area contributed by atoms with Gasteiger partial charge in [0.1, 0.15) is 0 Å². The first-order valence-electron chi connectivity index (χ1n) is 6.58. The van der Waals surface area contributed by atoms with Gasteiger partial charge in [-0.1, -0.05) is 32.4 Å². The number of hydrogen-bond donors (Lipinski definition) is 1. The van der Waals surface area contributed by atoms with Crippen LogP contribution in [0, 0.1) is 10.1 Å². The molecule has 100 valence electrons. The van der Waals surface area contributed by atoms with Gasteiger partial charge in [-0.3, -0.25) is 10.1 Å². The Morgan fingerprint density at radius 3 is 2.67 bits per heavy atom. The molecule has 1 aromatic carbocycles. The Bertz CT molecular complexity index is 393. The molecule has 2 unspecified atom stereocenters. The molecule has 0 amide bonds. The minimum absolute atomic E-state index is 0.140. The maximum Gasteiger partial charge on any atom is 0.269 e. The molecule has 0 aliphatic carbocycles. The van der Waals surface area contributed by atoms with Crippen molar-refractivity contribution in [3.05, 3.63) is 39.9 Å². The molecule has 1 rings (SSSR count). The minimum Gasteiger partial charge on any atom is -0.307 e. The van der Waals surface area contributed by atoms with E-state index in [0.29, 0.717) is 6.04 Å². The third-order valence-corrected chi connectivity index (χ3v) is 3.20. The average Bonchev–Trinajstić information content (AvgIpc) is 2.38. The van der Waals surface area contributed by atoms with Crippen LogP contribution in [0.15, 0.2) is 24.3 Å². The molecule has 18 heavy (non-hydrogen) atoms. The van der Waals surface area contributed by atoms with Gasteiger partial charge >= 0.3 is 0 Å². The third-order valence-electron chi connectivity index (χ3n) is 3.20. The molecular formula is C14H22N2O2. The summed E-state index contributed by atoms with van der Waals surface area (Å²) >= 11 is 0. The van der Waals surface area contributed by atoms with Crippen molar-refractivity contribution < 1.29 is 4.92 Å². The van der Waals surface area contributed by atoms with Gasteiger partial charge in [0.25, 0.3) is 5.69 Å². The summed E-state index contributed by atoms with van der Waals surface area (Å²) in [7, 11) is 0. The van der Waals surface area contributed by atoms with Crippen LogP contribution < -0.4 is 5.32 Å². The van der Waals surface area contributed by atoms with Crippen molar-refractivity contribution >= 4 is 5.69 Å². The fourth-order valence-electron chi connectivity index (χ4n) is 2.11. The predicted molar refractivity (Wildman–Crippen MR) is 73.6 cm³/mol. The van der Waals surface area contributed by atoms with Crippen LogP contribution in [0.25, 0.3) is 0 Å². The van der Waals surface area contributed by atoms with Crippen molar-refractivity contribution in [3.8, 4) is 0 Å². The van der Waals surface area contributed by atoms with E-state index in [-0.39, 0.29) is 16.7 Å². The van der Waals surface area contributed by atoms with Crippen LogP contribution in [0.2, 0.25) is 0 Å². The first-order valence-corrected chi connectivity index (χ1v) is 6.58. The lowest BCUT2D eigenvalue weighted by Crippen LogP contribution is -2.30. The number of nitrogens with one attached hydrogen (secondary N) is 1. The summed E-state index contributed by atoms with van der Waals surface area (Å²) in [5.74, 6) is 0. The van der Waals surface area contributed by atoms with Crippen LogP contribution in [0.3, 0.4) is 0 Å².